The normalized spacial score (nSPS) is 13.4. The summed E-state index contributed by atoms with van der Waals surface area (Å²) in [5.41, 5.74) is 4.83. The van der Waals surface area contributed by atoms with E-state index in [1.165, 1.54) is 0 Å². The Hall–Kier alpha value is -2.37. The van der Waals surface area contributed by atoms with Gasteiger partial charge in [-0.25, -0.2) is 4.57 Å². The maximum Gasteiger partial charge on any atom is 0.472 e. The van der Waals surface area contributed by atoms with Gasteiger partial charge in [-0.15, -0.1) is 0 Å². The first-order valence-corrected chi connectivity index (χ1v) is 12.4. The maximum absolute atomic E-state index is 12.8. The standard InChI is InChI=1S/C25H30NO5P/c1-18(2)31-32(28,29)30-16-10-9-13-21(27)17-23-19(3)26-24-15-8-7-14-22(24)25(23)20-11-5-4-6-12-20/h4-8,11-12,14-15,18H,9-10,13,16-17H2,1-3H3,(H,28,29). The molecule has 1 atom stereocenters. The first-order chi connectivity index (χ1) is 15.3. The van der Waals surface area contributed by atoms with Crippen molar-refractivity contribution in [1.82, 2.24) is 4.98 Å². The summed E-state index contributed by atoms with van der Waals surface area (Å²) in [6, 6.07) is 18.1. The molecule has 3 rings (SSSR count). The Morgan fingerprint density at radius 3 is 2.47 bits per heavy atom. The molecule has 3 aromatic rings. The minimum atomic E-state index is -4.03. The fraction of sp³-hybridized carbons (Fsp3) is 0.360. The number of rotatable bonds is 11. The highest BCUT2D eigenvalue weighted by Crippen LogP contribution is 2.44. The zero-order valence-electron chi connectivity index (χ0n) is 18.8. The molecule has 0 aliphatic rings. The number of aryl methyl sites for hydroxylation is 1. The number of carbonyl (C=O) groups excluding carboxylic acids is 1. The summed E-state index contributed by atoms with van der Waals surface area (Å²) in [5, 5.41) is 1.03. The second-order valence-corrected chi connectivity index (χ2v) is 9.47. The van der Waals surface area contributed by atoms with Crippen molar-refractivity contribution in [3.63, 3.8) is 0 Å². The molecular formula is C25H30NO5P. The van der Waals surface area contributed by atoms with E-state index >= 15 is 0 Å². The third-order valence-electron chi connectivity index (χ3n) is 5.08. The van der Waals surface area contributed by atoms with Crippen LogP contribution in [0.5, 0.6) is 0 Å². The van der Waals surface area contributed by atoms with Gasteiger partial charge in [-0.1, -0.05) is 48.5 Å². The lowest BCUT2D eigenvalue weighted by Gasteiger charge is -2.16. The fourth-order valence-electron chi connectivity index (χ4n) is 3.71. The molecule has 7 heteroatoms. The third kappa shape index (κ3) is 6.57. The summed E-state index contributed by atoms with van der Waals surface area (Å²) < 4.78 is 21.5. The molecule has 170 valence electrons. The molecular weight excluding hydrogens is 425 g/mol. The van der Waals surface area contributed by atoms with Gasteiger partial charge in [0.25, 0.3) is 0 Å². The molecule has 0 amide bonds. The molecule has 0 aliphatic carbocycles. The number of aromatic nitrogens is 1. The number of ketones is 1. The molecule has 6 nitrogen and oxygen atoms in total. The van der Waals surface area contributed by atoms with Crippen LogP contribution in [-0.2, 0) is 24.8 Å². The van der Waals surface area contributed by atoms with Gasteiger partial charge in [0, 0.05) is 23.9 Å². The fourth-order valence-corrected chi connectivity index (χ4v) is 4.67. The van der Waals surface area contributed by atoms with Gasteiger partial charge in [-0.05, 0) is 56.4 Å². The minimum absolute atomic E-state index is 0.0690. The van der Waals surface area contributed by atoms with Gasteiger partial charge in [0.05, 0.1) is 18.2 Å². The highest BCUT2D eigenvalue weighted by atomic mass is 31.2. The molecule has 0 fully saturated rings. The Balaban J connectivity index is 1.69. The van der Waals surface area contributed by atoms with E-state index in [2.05, 4.69) is 12.1 Å². The number of carbonyl (C=O) groups is 1. The Labute approximate surface area is 189 Å². The van der Waals surface area contributed by atoms with Crippen LogP contribution in [0.4, 0.5) is 0 Å². The highest BCUT2D eigenvalue weighted by molar-refractivity contribution is 7.47. The van der Waals surface area contributed by atoms with Gasteiger partial charge >= 0.3 is 7.82 Å². The Morgan fingerprint density at radius 1 is 1.06 bits per heavy atom. The number of Topliss-reactive ketones (excluding diaryl/α,β-unsaturated/α-hetero) is 1. The zero-order chi connectivity index (χ0) is 23.1. The lowest BCUT2D eigenvalue weighted by Crippen LogP contribution is -2.08. The molecule has 0 saturated carbocycles. The number of para-hydroxylation sites is 1. The second kappa shape index (κ2) is 11.0. The Kier molecular flexibility index (Phi) is 8.32. The second-order valence-electron chi connectivity index (χ2n) is 8.06. The van der Waals surface area contributed by atoms with E-state index in [0.717, 1.165) is 33.3 Å². The number of phosphoric ester groups is 1. The lowest BCUT2D eigenvalue weighted by atomic mass is 9.91. The average Bonchev–Trinajstić information content (AvgIpc) is 2.73. The zero-order valence-corrected chi connectivity index (χ0v) is 19.7. The van der Waals surface area contributed by atoms with Crippen molar-refractivity contribution >= 4 is 24.5 Å². The van der Waals surface area contributed by atoms with E-state index in [-0.39, 0.29) is 12.4 Å². The van der Waals surface area contributed by atoms with E-state index in [4.69, 9.17) is 14.0 Å². The van der Waals surface area contributed by atoms with Crippen molar-refractivity contribution in [2.75, 3.05) is 6.61 Å². The van der Waals surface area contributed by atoms with Crippen molar-refractivity contribution in [1.29, 1.82) is 0 Å². The first-order valence-electron chi connectivity index (χ1n) is 10.9. The van der Waals surface area contributed by atoms with Crippen LogP contribution in [0, 0.1) is 6.92 Å². The van der Waals surface area contributed by atoms with Crippen LogP contribution >= 0.6 is 7.82 Å². The van der Waals surface area contributed by atoms with Gasteiger partial charge in [0.1, 0.15) is 5.78 Å². The molecule has 1 heterocycles. The molecule has 0 radical (unpaired) electrons. The van der Waals surface area contributed by atoms with E-state index in [1.807, 2.05) is 49.4 Å². The van der Waals surface area contributed by atoms with Crippen molar-refractivity contribution < 1.29 is 23.3 Å². The summed E-state index contributed by atoms with van der Waals surface area (Å²) in [5.74, 6) is 0.105. The van der Waals surface area contributed by atoms with Crippen molar-refractivity contribution in [2.24, 2.45) is 0 Å². The smallest absolute Gasteiger partial charge is 0.302 e. The monoisotopic (exact) mass is 455 g/mol. The number of phosphoric acid groups is 1. The average molecular weight is 455 g/mol. The molecule has 1 unspecified atom stereocenters. The molecule has 0 bridgehead atoms. The van der Waals surface area contributed by atoms with E-state index < -0.39 is 13.9 Å². The van der Waals surface area contributed by atoms with E-state index in [9.17, 15) is 14.3 Å². The van der Waals surface area contributed by atoms with Crippen LogP contribution in [-0.4, -0.2) is 28.4 Å². The van der Waals surface area contributed by atoms with Crippen molar-refractivity contribution in [3.8, 4) is 11.1 Å². The summed E-state index contributed by atoms with van der Waals surface area (Å²) in [7, 11) is -4.03. The minimum Gasteiger partial charge on any atom is -0.302 e. The third-order valence-corrected chi connectivity index (χ3v) is 6.28. The lowest BCUT2D eigenvalue weighted by molar-refractivity contribution is -0.118. The van der Waals surface area contributed by atoms with Gasteiger partial charge in [-0.2, -0.15) is 0 Å². The van der Waals surface area contributed by atoms with Crippen LogP contribution in [0.25, 0.3) is 22.0 Å². The van der Waals surface area contributed by atoms with Crippen LogP contribution in [0.15, 0.2) is 54.6 Å². The largest absolute Gasteiger partial charge is 0.472 e. The number of nitrogens with zero attached hydrogens (tertiary/aromatic N) is 1. The van der Waals surface area contributed by atoms with Crippen LogP contribution in [0.2, 0.25) is 0 Å². The quantitative estimate of drug-likeness (QED) is 0.280. The molecule has 1 N–H and O–H groups in total. The highest BCUT2D eigenvalue weighted by Gasteiger charge is 2.22. The molecule has 0 spiro atoms. The number of pyridine rings is 1. The Morgan fingerprint density at radius 2 is 1.75 bits per heavy atom. The molecule has 0 saturated heterocycles. The SMILES string of the molecule is Cc1nc2ccccc2c(-c2ccccc2)c1CC(=O)CCCCOP(=O)(O)OC(C)C. The van der Waals surface area contributed by atoms with Crippen LogP contribution in [0.1, 0.15) is 44.4 Å². The molecule has 1 aromatic heterocycles. The topological polar surface area (TPSA) is 85.7 Å². The summed E-state index contributed by atoms with van der Waals surface area (Å²) in [6.45, 7) is 5.35. The predicted molar refractivity (Wildman–Crippen MR) is 126 cm³/mol. The number of fused-ring (bicyclic) bond motifs is 1. The number of hydrogen-bond donors (Lipinski definition) is 1. The number of benzene rings is 2. The maximum atomic E-state index is 12.8. The molecule has 0 aliphatic heterocycles. The predicted octanol–water partition coefficient (Wildman–Crippen LogP) is 6.03. The molecule has 2 aromatic carbocycles. The van der Waals surface area contributed by atoms with Gasteiger partial charge in [0.2, 0.25) is 0 Å². The van der Waals surface area contributed by atoms with E-state index in [0.29, 0.717) is 25.7 Å². The van der Waals surface area contributed by atoms with Crippen LogP contribution in [0.3, 0.4) is 0 Å². The number of hydrogen-bond acceptors (Lipinski definition) is 5. The molecule has 32 heavy (non-hydrogen) atoms. The number of unbranched alkanes of at least 4 members (excludes halogenated alkanes) is 1. The van der Waals surface area contributed by atoms with Gasteiger partial charge < -0.3 is 4.89 Å². The summed E-state index contributed by atoms with van der Waals surface area (Å²) >= 11 is 0. The van der Waals surface area contributed by atoms with Crippen LogP contribution < -0.4 is 0 Å². The van der Waals surface area contributed by atoms with E-state index in [1.54, 1.807) is 13.8 Å². The van der Waals surface area contributed by atoms with Gasteiger partial charge in [0.15, 0.2) is 0 Å². The van der Waals surface area contributed by atoms with Crippen molar-refractivity contribution in [2.45, 2.75) is 52.6 Å². The van der Waals surface area contributed by atoms with Gasteiger partial charge in [-0.3, -0.25) is 18.8 Å². The first kappa shape index (κ1) is 24.3. The summed E-state index contributed by atoms with van der Waals surface area (Å²) in [6.07, 6.45) is 1.33. The summed E-state index contributed by atoms with van der Waals surface area (Å²) in [4.78, 5) is 27.1. The Bertz CT molecular complexity index is 1110. The van der Waals surface area contributed by atoms with Crippen molar-refractivity contribution in [3.05, 3.63) is 65.9 Å².